The molecule has 4 atom stereocenters. The molecule has 0 radical (unpaired) electrons. The minimum atomic E-state index is -0.937. The number of ether oxygens (including phenoxy) is 1. The second-order valence-electron chi connectivity index (χ2n) is 4.20. The van der Waals surface area contributed by atoms with E-state index in [-0.39, 0.29) is 6.04 Å². The van der Waals surface area contributed by atoms with Crippen LogP contribution in [0.3, 0.4) is 0 Å². The molecule has 0 bridgehead atoms. The van der Waals surface area contributed by atoms with Gasteiger partial charge in [0.25, 0.3) is 5.11 Å². The Hall–Kier alpha value is -0.570. The Balaban J connectivity index is 2.44. The van der Waals surface area contributed by atoms with E-state index in [0.29, 0.717) is 24.8 Å². The van der Waals surface area contributed by atoms with Crippen LogP contribution < -0.4 is 16.0 Å². The largest absolute Gasteiger partial charge is 0.388 e. The monoisotopic (exact) mass is 276 g/mol. The number of aliphatic hydroxyl groups is 2. The Morgan fingerprint density at radius 2 is 2.28 bits per heavy atom. The molecule has 0 aromatic rings. The molecule has 18 heavy (non-hydrogen) atoms. The molecule has 0 saturated carbocycles. The first-order chi connectivity index (χ1) is 8.60. The van der Waals surface area contributed by atoms with Crippen LogP contribution in [0.4, 0.5) is 0 Å². The fourth-order valence-electron chi connectivity index (χ4n) is 1.78. The van der Waals surface area contributed by atoms with E-state index in [4.69, 9.17) is 17.0 Å². The van der Waals surface area contributed by atoms with Gasteiger partial charge in [-0.05, 0) is 0 Å². The number of quaternary nitrogens is 1. The third-order valence-corrected chi connectivity index (χ3v) is 3.21. The van der Waals surface area contributed by atoms with Gasteiger partial charge in [0.05, 0.1) is 25.8 Å². The van der Waals surface area contributed by atoms with Crippen LogP contribution in [0, 0.1) is 0 Å². The van der Waals surface area contributed by atoms with Crippen molar-refractivity contribution in [3.63, 3.8) is 0 Å². The average Bonchev–Trinajstić information content (AvgIpc) is 2.37. The highest BCUT2D eigenvalue weighted by molar-refractivity contribution is 7.79. The summed E-state index contributed by atoms with van der Waals surface area (Å²) >= 11 is 5.00. The van der Waals surface area contributed by atoms with Gasteiger partial charge in [-0.15, -0.1) is 6.58 Å². The van der Waals surface area contributed by atoms with E-state index >= 15 is 0 Å². The minimum absolute atomic E-state index is 0.312. The molecule has 0 aromatic heterocycles. The van der Waals surface area contributed by atoms with E-state index in [0.717, 1.165) is 0 Å². The van der Waals surface area contributed by atoms with Crippen LogP contribution in [0.25, 0.3) is 0 Å². The summed E-state index contributed by atoms with van der Waals surface area (Å²) in [6, 6.07) is -0.376. The topological polar surface area (TPSA) is 90.4 Å². The first-order valence-electron chi connectivity index (χ1n) is 5.99. The third-order valence-electron chi connectivity index (χ3n) is 2.86. The molecule has 1 rings (SSSR count). The molecule has 1 saturated heterocycles. The quantitative estimate of drug-likeness (QED) is 0.214. The summed E-state index contributed by atoms with van der Waals surface area (Å²) in [6.45, 7) is 5.01. The maximum absolute atomic E-state index is 9.99. The fraction of sp³-hybridized carbons (Fsp3) is 0.727. The lowest BCUT2D eigenvalue weighted by Gasteiger charge is -2.37. The third kappa shape index (κ3) is 4.27. The summed E-state index contributed by atoms with van der Waals surface area (Å²) in [5, 5.41) is 28.2. The average molecular weight is 276 g/mol. The van der Waals surface area contributed by atoms with Crippen LogP contribution in [-0.2, 0) is 4.74 Å². The highest BCUT2D eigenvalue weighted by Gasteiger charge is 2.38. The molecule has 1 aliphatic heterocycles. The molecule has 6 nitrogen and oxygen atoms in total. The highest BCUT2D eigenvalue weighted by Crippen LogP contribution is 2.15. The molecule has 0 unspecified atom stereocenters. The fourth-order valence-corrected chi connectivity index (χ4v) is 1.93. The van der Waals surface area contributed by atoms with Crippen LogP contribution in [-0.4, -0.2) is 66.4 Å². The smallest absolute Gasteiger partial charge is 0.266 e. The Kier molecular flexibility index (Phi) is 6.69. The van der Waals surface area contributed by atoms with Crippen LogP contribution in [0.15, 0.2) is 12.7 Å². The molecule has 104 valence electrons. The number of aliphatic hydroxyl groups excluding tert-OH is 2. The van der Waals surface area contributed by atoms with Gasteiger partial charge < -0.3 is 25.6 Å². The van der Waals surface area contributed by atoms with Crippen molar-refractivity contribution in [1.82, 2.24) is 10.6 Å². The summed E-state index contributed by atoms with van der Waals surface area (Å²) in [7, 11) is 1.81. The van der Waals surface area contributed by atoms with Gasteiger partial charge in [0.15, 0.2) is 0 Å². The van der Waals surface area contributed by atoms with E-state index in [1.807, 2.05) is 7.05 Å². The van der Waals surface area contributed by atoms with Gasteiger partial charge in [-0.2, -0.15) is 0 Å². The lowest BCUT2D eigenvalue weighted by Crippen LogP contribution is -2.88. The molecule has 0 spiro atoms. The van der Waals surface area contributed by atoms with Gasteiger partial charge in [0.1, 0.15) is 12.2 Å². The van der Waals surface area contributed by atoms with Crippen LogP contribution in [0.2, 0.25) is 0 Å². The number of rotatable bonds is 5. The SMILES string of the molecule is C=CCNC[C@H]1OC[C@H](NC(=S)[NH2+]C)[C@@H](O)[C@@H]1O. The number of nitrogens with two attached hydrogens (primary N) is 1. The Labute approximate surface area is 112 Å². The van der Waals surface area contributed by atoms with Crippen molar-refractivity contribution in [2.75, 3.05) is 26.7 Å². The van der Waals surface area contributed by atoms with Crippen molar-refractivity contribution in [1.29, 1.82) is 0 Å². The number of thiocarbonyl (C=S) groups is 1. The molecule has 1 fully saturated rings. The Bertz CT molecular complexity index is 291. The van der Waals surface area contributed by atoms with Crippen LogP contribution >= 0.6 is 12.2 Å². The van der Waals surface area contributed by atoms with Gasteiger partial charge in [0, 0.05) is 25.3 Å². The summed E-state index contributed by atoms with van der Waals surface area (Å²) in [4.78, 5) is 0. The molecule has 0 aliphatic carbocycles. The van der Waals surface area contributed by atoms with Crippen molar-refractivity contribution in [3.8, 4) is 0 Å². The lowest BCUT2D eigenvalue weighted by atomic mass is 9.98. The van der Waals surface area contributed by atoms with Crippen molar-refractivity contribution >= 4 is 17.3 Å². The second-order valence-corrected chi connectivity index (χ2v) is 4.64. The maximum Gasteiger partial charge on any atom is 0.266 e. The summed E-state index contributed by atoms with van der Waals surface area (Å²) < 4.78 is 5.52. The second kappa shape index (κ2) is 7.78. The van der Waals surface area contributed by atoms with Crippen LogP contribution in [0.1, 0.15) is 0 Å². The molecule has 1 heterocycles. The van der Waals surface area contributed by atoms with Gasteiger partial charge in [-0.1, -0.05) is 6.08 Å². The highest BCUT2D eigenvalue weighted by atomic mass is 32.1. The van der Waals surface area contributed by atoms with E-state index in [9.17, 15) is 10.2 Å². The lowest BCUT2D eigenvalue weighted by molar-refractivity contribution is -0.506. The van der Waals surface area contributed by atoms with E-state index < -0.39 is 18.3 Å². The van der Waals surface area contributed by atoms with Crippen molar-refractivity contribution in [2.24, 2.45) is 0 Å². The van der Waals surface area contributed by atoms with E-state index in [1.165, 1.54) is 0 Å². The van der Waals surface area contributed by atoms with Crippen molar-refractivity contribution < 1.29 is 20.3 Å². The minimum Gasteiger partial charge on any atom is -0.388 e. The summed E-state index contributed by atoms with van der Waals surface area (Å²) in [5.41, 5.74) is 0. The number of hydrogen-bond donors (Lipinski definition) is 5. The van der Waals surface area contributed by atoms with E-state index in [2.05, 4.69) is 17.2 Å². The van der Waals surface area contributed by atoms with Gasteiger partial charge in [0.2, 0.25) is 0 Å². The number of hydrogen-bond acceptors (Lipinski definition) is 5. The molecule has 0 amide bonds. The zero-order valence-corrected chi connectivity index (χ0v) is 11.3. The molecule has 1 aliphatic rings. The summed E-state index contributed by atoms with van der Waals surface area (Å²) in [6.07, 6.45) is -0.525. The van der Waals surface area contributed by atoms with Gasteiger partial charge in [-0.25, -0.2) is 0 Å². The first kappa shape index (κ1) is 15.5. The molecule has 0 aromatic carbocycles. The summed E-state index contributed by atoms with van der Waals surface area (Å²) in [5.74, 6) is 0. The van der Waals surface area contributed by atoms with Crippen molar-refractivity contribution in [2.45, 2.75) is 24.4 Å². The zero-order valence-electron chi connectivity index (χ0n) is 10.5. The van der Waals surface area contributed by atoms with E-state index in [1.54, 1.807) is 11.4 Å². The van der Waals surface area contributed by atoms with Gasteiger partial charge >= 0.3 is 0 Å². The zero-order chi connectivity index (χ0) is 13.5. The number of nitrogens with one attached hydrogen (secondary N) is 2. The maximum atomic E-state index is 9.99. The molecular formula is C11H22N3O3S+. The standard InChI is InChI=1S/C11H21N3O3S/c1-3-4-13-5-8-10(16)9(15)7(6-17-8)14-11(18)12-2/h3,7-10,13,15-16H,1,4-6H2,2H3,(H2,12,14,18)/p+1/t7-,8+,9+,10+/m0/s1. The predicted octanol–water partition coefficient (Wildman–Crippen LogP) is -2.68. The normalized spacial score (nSPS) is 31.9. The molecule has 7 heteroatoms. The Morgan fingerprint density at radius 3 is 2.89 bits per heavy atom. The molecule has 6 N–H and O–H groups in total. The predicted molar refractivity (Wildman–Crippen MR) is 72.2 cm³/mol. The van der Waals surface area contributed by atoms with Crippen molar-refractivity contribution in [3.05, 3.63) is 12.7 Å². The first-order valence-corrected chi connectivity index (χ1v) is 6.40. The van der Waals surface area contributed by atoms with Gasteiger partial charge in [-0.3, -0.25) is 5.32 Å². The Morgan fingerprint density at radius 1 is 1.56 bits per heavy atom. The molecular weight excluding hydrogens is 254 g/mol. The van der Waals surface area contributed by atoms with Crippen LogP contribution in [0.5, 0.6) is 0 Å².